The Labute approximate surface area is 80.3 Å². The molecular weight excluding hydrogens is 218 g/mol. The molecule has 3 nitrogen and oxygen atoms in total. The highest BCUT2D eigenvalue weighted by Gasteiger charge is 2.04. The highest BCUT2D eigenvalue weighted by atomic mass is 79.9. The maximum absolute atomic E-state index is 5.85. The molecule has 0 aliphatic carbocycles. The fraction of sp³-hybridized carbons (Fsp3) is 0.375. The molecule has 0 fully saturated rings. The van der Waals surface area contributed by atoms with Crippen LogP contribution in [-0.2, 0) is 0 Å². The summed E-state index contributed by atoms with van der Waals surface area (Å²) in [4.78, 5) is 4.01. The molecule has 1 aromatic heterocycles. The number of rotatable bonds is 3. The van der Waals surface area contributed by atoms with E-state index in [2.05, 4.69) is 20.9 Å². The van der Waals surface area contributed by atoms with Gasteiger partial charge < -0.3 is 11.5 Å². The summed E-state index contributed by atoms with van der Waals surface area (Å²) >= 11 is 3.28. The molecule has 0 aromatic carbocycles. The van der Waals surface area contributed by atoms with Crippen LogP contribution in [0.2, 0.25) is 0 Å². The van der Waals surface area contributed by atoms with Crippen molar-refractivity contribution < 1.29 is 0 Å². The second-order valence-electron chi connectivity index (χ2n) is 2.60. The van der Waals surface area contributed by atoms with Gasteiger partial charge in [-0.3, -0.25) is 0 Å². The maximum atomic E-state index is 5.85. The van der Waals surface area contributed by atoms with Gasteiger partial charge in [0.1, 0.15) is 4.60 Å². The van der Waals surface area contributed by atoms with Gasteiger partial charge in [-0.1, -0.05) is 0 Å². The number of halogens is 1. The van der Waals surface area contributed by atoms with Crippen molar-refractivity contribution in [1.82, 2.24) is 4.98 Å². The molecular formula is C8H12BrN3. The fourth-order valence-corrected chi connectivity index (χ4v) is 1.38. The molecule has 0 saturated heterocycles. The van der Waals surface area contributed by atoms with E-state index in [1.807, 2.05) is 12.1 Å². The summed E-state index contributed by atoms with van der Waals surface area (Å²) in [5.74, 6) is 0. The van der Waals surface area contributed by atoms with Crippen LogP contribution in [0.1, 0.15) is 18.0 Å². The number of nitrogens with two attached hydrogens (primary N) is 2. The van der Waals surface area contributed by atoms with Crippen LogP contribution in [0.25, 0.3) is 0 Å². The van der Waals surface area contributed by atoms with Crippen LogP contribution in [0.3, 0.4) is 0 Å². The van der Waals surface area contributed by atoms with Crippen molar-refractivity contribution in [2.24, 2.45) is 11.5 Å². The minimum atomic E-state index is 0.0225. The van der Waals surface area contributed by atoms with Crippen LogP contribution in [-0.4, -0.2) is 11.5 Å². The van der Waals surface area contributed by atoms with Gasteiger partial charge in [0.15, 0.2) is 0 Å². The van der Waals surface area contributed by atoms with Gasteiger partial charge in [-0.05, 0) is 46.6 Å². The van der Waals surface area contributed by atoms with Gasteiger partial charge >= 0.3 is 0 Å². The molecule has 4 heteroatoms. The molecule has 0 aliphatic heterocycles. The molecule has 1 rings (SSSR count). The summed E-state index contributed by atoms with van der Waals surface area (Å²) in [6, 6.07) is 3.85. The SMILES string of the molecule is NCC[C@H](N)c1ccnc(Br)c1. The van der Waals surface area contributed by atoms with Gasteiger partial charge in [0.2, 0.25) is 0 Å². The Bertz CT molecular complexity index is 252. The zero-order valence-electron chi connectivity index (χ0n) is 6.70. The summed E-state index contributed by atoms with van der Waals surface area (Å²) in [6.07, 6.45) is 2.53. The third-order valence-corrected chi connectivity index (χ3v) is 2.09. The first-order valence-electron chi connectivity index (χ1n) is 3.81. The zero-order valence-corrected chi connectivity index (χ0v) is 8.29. The van der Waals surface area contributed by atoms with Crippen molar-refractivity contribution in [1.29, 1.82) is 0 Å². The Morgan fingerprint density at radius 2 is 2.33 bits per heavy atom. The van der Waals surface area contributed by atoms with Gasteiger partial charge in [-0.2, -0.15) is 0 Å². The summed E-state index contributed by atoms with van der Waals surface area (Å²) in [7, 11) is 0. The van der Waals surface area contributed by atoms with E-state index in [1.165, 1.54) is 0 Å². The molecule has 4 N–H and O–H groups in total. The van der Waals surface area contributed by atoms with E-state index < -0.39 is 0 Å². The van der Waals surface area contributed by atoms with Crippen molar-refractivity contribution in [3.05, 3.63) is 28.5 Å². The summed E-state index contributed by atoms with van der Waals surface area (Å²) < 4.78 is 0.812. The summed E-state index contributed by atoms with van der Waals surface area (Å²) in [6.45, 7) is 0.612. The van der Waals surface area contributed by atoms with Crippen LogP contribution in [0.5, 0.6) is 0 Å². The molecule has 0 aliphatic rings. The zero-order chi connectivity index (χ0) is 8.97. The Kier molecular flexibility index (Phi) is 3.65. The molecule has 0 amide bonds. The fourth-order valence-electron chi connectivity index (χ4n) is 0.994. The van der Waals surface area contributed by atoms with E-state index in [9.17, 15) is 0 Å². The maximum Gasteiger partial charge on any atom is 0.106 e. The second kappa shape index (κ2) is 4.54. The molecule has 0 spiro atoms. The van der Waals surface area contributed by atoms with E-state index in [0.29, 0.717) is 6.54 Å². The van der Waals surface area contributed by atoms with Gasteiger partial charge in [0, 0.05) is 12.2 Å². The third-order valence-electron chi connectivity index (χ3n) is 1.66. The standard InChI is InChI=1S/C8H12BrN3/c9-8-5-6(2-4-12-8)7(11)1-3-10/h2,4-5,7H,1,3,10-11H2/t7-/m0/s1. The van der Waals surface area contributed by atoms with Gasteiger partial charge in [-0.25, -0.2) is 4.98 Å². The van der Waals surface area contributed by atoms with Gasteiger partial charge in [0.05, 0.1) is 0 Å². The molecule has 66 valence electrons. The predicted molar refractivity (Wildman–Crippen MR) is 52.5 cm³/mol. The lowest BCUT2D eigenvalue weighted by atomic mass is 10.1. The van der Waals surface area contributed by atoms with Gasteiger partial charge in [0.25, 0.3) is 0 Å². The number of nitrogens with zero attached hydrogens (tertiary/aromatic N) is 1. The molecule has 12 heavy (non-hydrogen) atoms. The molecule has 1 aromatic rings. The molecule has 0 saturated carbocycles. The first kappa shape index (κ1) is 9.64. The van der Waals surface area contributed by atoms with Crippen LogP contribution in [0.15, 0.2) is 22.9 Å². The highest BCUT2D eigenvalue weighted by Crippen LogP contribution is 2.15. The second-order valence-corrected chi connectivity index (χ2v) is 3.41. The molecule has 0 bridgehead atoms. The van der Waals surface area contributed by atoms with E-state index in [-0.39, 0.29) is 6.04 Å². The normalized spacial score (nSPS) is 12.9. The molecule has 0 radical (unpaired) electrons. The number of aromatic nitrogens is 1. The topological polar surface area (TPSA) is 64.9 Å². The lowest BCUT2D eigenvalue weighted by Crippen LogP contribution is -2.15. The quantitative estimate of drug-likeness (QED) is 0.766. The average Bonchev–Trinajstić information content (AvgIpc) is 2.05. The number of pyridine rings is 1. The minimum absolute atomic E-state index is 0.0225. The van der Waals surface area contributed by atoms with Crippen LogP contribution in [0, 0.1) is 0 Å². The van der Waals surface area contributed by atoms with E-state index in [0.717, 1.165) is 16.6 Å². The average molecular weight is 230 g/mol. The summed E-state index contributed by atoms with van der Waals surface area (Å²) in [5.41, 5.74) is 12.3. The van der Waals surface area contributed by atoms with E-state index in [4.69, 9.17) is 11.5 Å². The third kappa shape index (κ3) is 2.55. The Hall–Kier alpha value is -0.450. The van der Waals surface area contributed by atoms with E-state index in [1.54, 1.807) is 6.20 Å². The number of hydrogen-bond acceptors (Lipinski definition) is 3. The van der Waals surface area contributed by atoms with Crippen LogP contribution in [0.4, 0.5) is 0 Å². The Balaban J connectivity index is 2.73. The van der Waals surface area contributed by atoms with Crippen LogP contribution >= 0.6 is 15.9 Å². The van der Waals surface area contributed by atoms with Crippen molar-refractivity contribution in [3.63, 3.8) is 0 Å². The molecule has 1 heterocycles. The first-order valence-corrected chi connectivity index (χ1v) is 4.60. The largest absolute Gasteiger partial charge is 0.330 e. The Morgan fingerprint density at radius 1 is 1.58 bits per heavy atom. The predicted octanol–water partition coefficient (Wildman–Crippen LogP) is 1.19. The highest BCUT2D eigenvalue weighted by molar-refractivity contribution is 9.10. The van der Waals surface area contributed by atoms with Crippen molar-refractivity contribution in [2.75, 3.05) is 6.54 Å². The lowest BCUT2D eigenvalue weighted by Gasteiger charge is -2.09. The van der Waals surface area contributed by atoms with Crippen LogP contribution < -0.4 is 11.5 Å². The van der Waals surface area contributed by atoms with Crippen molar-refractivity contribution >= 4 is 15.9 Å². The van der Waals surface area contributed by atoms with Gasteiger partial charge in [-0.15, -0.1) is 0 Å². The molecule has 0 unspecified atom stereocenters. The van der Waals surface area contributed by atoms with Crippen molar-refractivity contribution in [2.45, 2.75) is 12.5 Å². The minimum Gasteiger partial charge on any atom is -0.330 e. The monoisotopic (exact) mass is 229 g/mol. The Morgan fingerprint density at radius 3 is 2.92 bits per heavy atom. The van der Waals surface area contributed by atoms with Crippen molar-refractivity contribution in [3.8, 4) is 0 Å². The summed E-state index contributed by atoms with van der Waals surface area (Å²) in [5, 5.41) is 0. The number of hydrogen-bond donors (Lipinski definition) is 2. The molecule has 1 atom stereocenters. The smallest absolute Gasteiger partial charge is 0.106 e. The first-order chi connectivity index (χ1) is 5.74. The lowest BCUT2D eigenvalue weighted by molar-refractivity contribution is 0.660. The van der Waals surface area contributed by atoms with E-state index >= 15 is 0 Å².